The van der Waals surface area contributed by atoms with Crippen LogP contribution in [0.2, 0.25) is 0 Å². The zero-order valence-electron chi connectivity index (χ0n) is 10.4. The molecule has 0 fully saturated rings. The van der Waals surface area contributed by atoms with Crippen LogP contribution in [-0.4, -0.2) is 17.6 Å². The van der Waals surface area contributed by atoms with E-state index in [0.717, 1.165) is 11.3 Å². The Morgan fingerprint density at radius 2 is 2.11 bits per heavy atom. The maximum absolute atomic E-state index is 10.9. The standard InChI is InChI=1S/C13H14N4OS/c1-10(18)17-12-6-4-11(5-7-12)3-2-8-15-13(19)16-9-14/h2-7H,8H2,1H3,(H,17,18)(H2,15,16,19). The predicted molar refractivity (Wildman–Crippen MR) is 79.1 cm³/mol. The van der Waals surface area contributed by atoms with Crippen molar-refractivity contribution in [3.8, 4) is 6.19 Å². The smallest absolute Gasteiger partial charge is 0.221 e. The van der Waals surface area contributed by atoms with E-state index in [1.54, 1.807) is 6.19 Å². The third-order valence-corrected chi connectivity index (χ3v) is 2.34. The minimum Gasteiger partial charge on any atom is -0.358 e. The number of hydrogen-bond donors (Lipinski definition) is 3. The number of benzene rings is 1. The van der Waals surface area contributed by atoms with E-state index < -0.39 is 0 Å². The molecule has 1 rings (SSSR count). The molecule has 0 atom stereocenters. The SMILES string of the molecule is CC(=O)Nc1ccc(C=CCNC(=S)NC#N)cc1. The second-order valence-electron chi connectivity index (χ2n) is 3.65. The number of nitrogens with zero attached hydrogens (tertiary/aromatic N) is 1. The largest absolute Gasteiger partial charge is 0.358 e. The lowest BCUT2D eigenvalue weighted by molar-refractivity contribution is -0.114. The van der Waals surface area contributed by atoms with E-state index in [0.29, 0.717) is 11.7 Å². The topological polar surface area (TPSA) is 77.0 Å². The van der Waals surface area contributed by atoms with Crippen LogP contribution < -0.4 is 16.0 Å². The normalized spacial score (nSPS) is 9.68. The summed E-state index contributed by atoms with van der Waals surface area (Å²) in [5, 5.41) is 16.5. The van der Waals surface area contributed by atoms with Crippen molar-refractivity contribution >= 4 is 35.0 Å². The van der Waals surface area contributed by atoms with Gasteiger partial charge >= 0.3 is 0 Å². The van der Waals surface area contributed by atoms with Crippen molar-refractivity contribution in [2.24, 2.45) is 0 Å². The van der Waals surface area contributed by atoms with E-state index in [4.69, 9.17) is 17.5 Å². The summed E-state index contributed by atoms with van der Waals surface area (Å²) in [7, 11) is 0. The van der Waals surface area contributed by atoms with Gasteiger partial charge in [0, 0.05) is 19.2 Å². The Balaban J connectivity index is 2.43. The quantitative estimate of drug-likeness (QED) is 0.442. The summed E-state index contributed by atoms with van der Waals surface area (Å²) in [4.78, 5) is 10.9. The van der Waals surface area contributed by atoms with Crippen LogP contribution in [0, 0.1) is 11.5 Å². The van der Waals surface area contributed by atoms with E-state index in [-0.39, 0.29) is 5.91 Å². The number of anilines is 1. The van der Waals surface area contributed by atoms with Crippen LogP contribution in [0.4, 0.5) is 5.69 Å². The van der Waals surface area contributed by atoms with Crippen molar-refractivity contribution in [2.75, 3.05) is 11.9 Å². The van der Waals surface area contributed by atoms with Gasteiger partial charge in [0.2, 0.25) is 5.91 Å². The second-order valence-corrected chi connectivity index (χ2v) is 4.06. The van der Waals surface area contributed by atoms with E-state index >= 15 is 0 Å². The lowest BCUT2D eigenvalue weighted by Crippen LogP contribution is -2.31. The Bertz CT molecular complexity index is 516. The van der Waals surface area contributed by atoms with Gasteiger partial charge in [-0.25, -0.2) is 0 Å². The Morgan fingerprint density at radius 3 is 2.68 bits per heavy atom. The van der Waals surface area contributed by atoms with Gasteiger partial charge in [0.15, 0.2) is 11.3 Å². The molecule has 19 heavy (non-hydrogen) atoms. The molecule has 0 spiro atoms. The van der Waals surface area contributed by atoms with Crippen molar-refractivity contribution in [2.45, 2.75) is 6.92 Å². The van der Waals surface area contributed by atoms with Crippen LogP contribution in [0.25, 0.3) is 6.08 Å². The Hall–Kier alpha value is -2.39. The Kier molecular flexibility index (Phi) is 6.06. The van der Waals surface area contributed by atoms with Gasteiger partial charge in [-0.1, -0.05) is 24.3 Å². The monoisotopic (exact) mass is 274 g/mol. The summed E-state index contributed by atoms with van der Waals surface area (Å²) in [6, 6.07) is 7.45. The molecular formula is C13H14N4OS. The number of hydrogen-bond acceptors (Lipinski definition) is 3. The molecule has 1 aromatic carbocycles. The molecule has 0 aromatic heterocycles. The summed E-state index contributed by atoms with van der Waals surface area (Å²) < 4.78 is 0. The van der Waals surface area contributed by atoms with Gasteiger partial charge in [-0.15, -0.1) is 0 Å². The summed E-state index contributed by atoms with van der Waals surface area (Å²) in [5.74, 6) is -0.0917. The predicted octanol–water partition coefficient (Wildman–Crippen LogP) is 1.60. The number of rotatable bonds is 4. The highest BCUT2D eigenvalue weighted by Gasteiger charge is 1.94. The molecule has 0 saturated heterocycles. The maximum atomic E-state index is 10.9. The van der Waals surface area contributed by atoms with Crippen LogP contribution >= 0.6 is 12.2 Å². The fraction of sp³-hybridized carbons (Fsp3) is 0.154. The number of thiocarbonyl (C=S) groups is 1. The average molecular weight is 274 g/mol. The first-order valence-corrected chi connectivity index (χ1v) is 6.00. The van der Waals surface area contributed by atoms with Gasteiger partial charge in [-0.2, -0.15) is 5.26 Å². The van der Waals surface area contributed by atoms with Crippen molar-refractivity contribution in [3.63, 3.8) is 0 Å². The lowest BCUT2D eigenvalue weighted by Gasteiger charge is -2.02. The third-order valence-electron chi connectivity index (χ3n) is 2.09. The van der Waals surface area contributed by atoms with Gasteiger partial charge in [0.1, 0.15) is 0 Å². The highest BCUT2D eigenvalue weighted by molar-refractivity contribution is 7.80. The number of nitriles is 1. The minimum absolute atomic E-state index is 0.0917. The zero-order valence-corrected chi connectivity index (χ0v) is 11.3. The van der Waals surface area contributed by atoms with Crippen LogP contribution in [0.1, 0.15) is 12.5 Å². The number of carbonyl (C=O) groups is 1. The maximum Gasteiger partial charge on any atom is 0.221 e. The van der Waals surface area contributed by atoms with Crippen molar-refractivity contribution < 1.29 is 4.79 Å². The van der Waals surface area contributed by atoms with Crippen molar-refractivity contribution in [3.05, 3.63) is 35.9 Å². The van der Waals surface area contributed by atoms with Crippen molar-refractivity contribution in [1.29, 1.82) is 5.26 Å². The molecule has 1 amide bonds. The minimum atomic E-state index is -0.0917. The third kappa shape index (κ3) is 6.19. The summed E-state index contributed by atoms with van der Waals surface area (Å²) >= 11 is 4.82. The van der Waals surface area contributed by atoms with Gasteiger partial charge in [0.25, 0.3) is 0 Å². The highest BCUT2D eigenvalue weighted by Crippen LogP contribution is 2.10. The molecule has 5 nitrogen and oxygen atoms in total. The molecule has 3 N–H and O–H groups in total. The first kappa shape index (κ1) is 14.7. The fourth-order valence-electron chi connectivity index (χ4n) is 1.32. The molecule has 0 aliphatic heterocycles. The Morgan fingerprint density at radius 1 is 1.42 bits per heavy atom. The molecular weight excluding hydrogens is 260 g/mol. The summed E-state index contributed by atoms with van der Waals surface area (Å²) in [5.41, 5.74) is 1.78. The van der Waals surface area contributed by atoms with E-state index in [9.17, 15) is 4.79 Å². The summed E-state index contributed by atoms with van der Waals surface area (Å²) in [6.45, 7) is 2.00. The van der Waals surface area contributed by atoms with E-state index in [2.05, 4.69) is 16.0 Å². The second kappa shape index (κ2) is 7.84. The van der Waals surface area contributed by atoms with Crippen LogP contribution in [-0.2, 0) is 4.79 Å². The molecule has 0 heterocycles. The Labute approximate surface area is 117 Å². The van der Waals surface area contributed by atoms with Crippen LogP contribution in [0.15, 0.2) is 30.3 Å². The molecule has 98 valence electrons. The van der Waals surface area contributed by atoms with Crippen molar-refractivity contribution in [1.82, 2.24) is 10.6 Å². The summed E-state index contributed by atoms with van der Waals surface area (Å²) in [6.07, 6.45) is 5.54. The molecule has 1 aromatic rings. The van der Waals surface area contributed by atoms with E-state index in [1.807, 2.05) is 36.4 Å². The van der Waals surface area contributed by atoms with Gasteiger partial charge in [0.05, 0.1) is 0 Å². The van der Waals surface area contributed by atoms with Gasteiger partial charge in [-0.3, -0.25) is 10.1 Å². The molecule has 6 heteroatoms. The zero-order chi connectivity index (χ0) is 14.1. The van der Waals surface area contributed by atoms with Gasteiger partial charge < -0.3 is 10.6 Å². The molecule has 0 saturated carbocycles. The number of amides is 1. The first-order chi connectivity index (χ1) is 9.11. The molecule has 0 aliphatic rings. The average Bonchev–Trinajstić information content (AvgIpc) is 2.36. The number of carbonyl (C=O) groups excluding carboxylic acids is 1. The van der Waals surface area contributed by atoms with E-state index in [1.165, 1.54) is 6.92 Å². The highest BCUT2D eigenvalue weighted by atomic mass is 32.1. The molecule has 0 bridgehead atoms. The molecule has 0 aliphatic carbocycles. The fourth-order valence-corrected chi connectivity index (χ4v) is 1.45. The number of nitrogens with one attached hydrogen (secondary N) is 3. The molecule has 0 unspecified atom stereocenters. The van der Waals surface area contributed by atoms with Crippen LogP contribution in [0.3, 0.4) is 0 Å². The first-order valence-electron chi connectivity index (χ1n) is 5.59. The van der Waals surface area contributed by atoms with Crippen LogP contribution in [0.5, 0.6) is 0 Å². The lowest BCUT2D eigenvalue weighted by atomic mass is 10.2. The molecule has 0 radical (unpaired) electrons. The van der Waals surface area contributed by atoms with Gasteiger partial charge in [-0.05, 0) is 29.9 Å².